The first kappa shape index (κ1) is 10.3. The summed E-state index contributed by atoms with van der Waals surface area (Å²) in [5, 5.41) is 3.59. The van der Waals surface area contributed by atoms with Crippen molar-refractivity contribution in [3.05, 3.63) is 35.4 Å². The van der Waals surface area contributed by atoms with Crippen LogP contribution < -0.4 is 5.32 Å². The highest BCUT2D eigenvalue weighted by Crippen LogP contribution is 2.61. The van der Waals surface area contributed by atoms with Crippen molar-refractivity contribution >= 4 is 0 Å². The summed E-state index contributed by atoms with van der Waals surface area (Å²) in [5.41, 5.74) is 3.83. The third-order valence-electron chi connectivity index (χ3n) is 4.40. The van der Waals surface area contributed by atoms with E-state index in [1.54, 1.807) is 11.1 Å². The zero-order chi connectivity index (χ0) is 11.2. The van der Waals surface area contributed by atoms with Crippen molar-refractivity contribution in [2.75, 3.05) is 6.54 Å². The lowest BCUT2D eigenvalue weighted by Gasteiger charge is -2.13. The molecule has 86 valence electrons. The molecular formula is C15H21N. The highest BCUT2D eigenvalue weighted by Gasteiger charge is 2.57. The maximum absolute atomic E-state index is 3.59. The molecule has 1 N–H and O–H groups in total. The van der Waals surface area contributed by atoms with E-state index < -0.39 is 0 Å². The predicted octanol–water partition coefficient (Wildman–Crippen LogP) is 2.89. The summed E-state index contributed by atoms with van der Waals surface area (Å²) in [6, 6.07) is 9.68. The van der Waals surface area contributed by atoms with Gasteiger partial charge in [0, 0.05) is 11.5 Å². The molecule has 16 heavy (non-hydrogen) atoms. The smallest absolute Gasteiger partial charge is 0.00104 e. The number of hydrogen-bond donors (Lipinski definition) is 1. The Labute approximate surface area is 98.3 Å². The first-order valence-electron chi connectivity index (χ1n) is 6.54. The number of hydrogen-bond acceptors (Lipinski definition) is 1. The molecule has 2 aliphatic rings. The summed E-state index contributed by atoms with van der Waals surface area (Å²) in [7, 11) is 0. The summed E-state index contributed by atoms with van der Waals surface area (Å²) >= 11 is 0. The van der Waals surface area contributed by atoms with E-state index in [1.165, 1.54) is 25.8 Å². The van der Waals surface area contributed by atoms with Gasteiger partial charge in [-0.3, -0.25) is 0 Å². The molecule has 1 aromatic rings. The zero-order valence-electron chi connectivity index (χ0n) is 10.3. The van der Waals surface area contributed by atoms with Gasteiger partial charge in [0.15, 0.2) is 0 Å². The molecule has 2 aliphatic carbocycles. The highest BCUT2D eigenvalue weighted by atomic mass is 14.9. The average molecular weight is 215 g/mol. The van der Waals surface area contributed by atoms with Crippen LogP contribution in [0.3, 0.4) is 0 Å². The first-order valence-corrected chi connectivity index (χ1v) is 6.54. The molecule has 1 heteroatoms. The van der Waals surface area contributed by atoms with Crippen molar-refractivity contribution in [1.29, 1.82) is 0 Å². The first-order chi connectivity index (χ1) is 7.72. The number of benzene rings is 1. The molecule has 1 nitrogen and oxygen atoms in total. The Bertz CT molecular complexity index is 396. The van der Waals surface area contributed by atoms with Gasteiger partial charge in [-0.1, -0.05) is 38.1 Å². The largest absolute Gasteiger partial charge is 0.314 e. The van der Waals surface area contributed by atoms with Crippen molar-refractivity contribution in [1.82, 2.24) is 5.32 Å². The van der Waals surface area contributed by atoms with Crippen molar-refractivity contribution in [3.63, 3.8) is 0 Å². The van der Waals surface area contributed by atoms with Gasteiger partial charge in [-0.2, -0.15) is 0 Å². The minimum atomic E-state index is 0.568. The molecule has 0 aliphatic heterocycles. The van der Waals surface area contributed by atoms with Crippen molar-refractivity contribution < 1.29 is 0 Å². The molecular weight excluding hydrogens is 194 g/mol. The fourth-order valence-electron chi connectivity index (χ4n) is 3.38. The van der Waals surface area contributed by atoms with E-state index in [4.69, 9.17) is 0 Å². The van der Waals surface area contributed by atoms with E-state index >= 15 is 0 Å². The number of fused-ring (bicyclic) bond motifs is 2. The highest BCUT2D eigenvalue weighted by molar-refractivity contribution is 5.45. The average Bonchev–Trinajstić information content (AvgIpc) is 2.86. The molecule has 1 fully saturated rings. The normalized spacial score (nSPS) is 31.1. The number of aryl methyl sites for hydroxylation is 1. The summed E-state index contributed by atoms with van der Waals surface area (Å²) in [6.07, 6.45) is 4.09. The maximum Gasteiger partial charge on any atom is 0.00104 e. The van der Waals surface area contributed by atoms with Crippen LogP contribution in [-0.4, -0.2) is 12.6 Å². The summed E-state index contributed by atoms with van der Waals surface area (Å²) in [5.74, 6) is 0.888. The Kier molecular flexibility index (Phi) is 2.32. The molecule has 0 heterocycles. The number of rotatable bonds is 3. The second kappa shape index (κ2) is 3.59. The van der Waals surface area contributed by atoms with E-state index in [0.717, 1.165) is 5.92 Å². The lowest BCUT2D eigenvalue weighted by Crippen LogP contribution is -2.27. The molecule has 2 atom stereocenters. The van der Waals surface area contributed by atoms with Gasteiger partial charge >= 0.3 is 0 Å². The Morgan fingerprint density at radius 3 is 3.00 bits per heavy atom. The van der Waals surface area contributed by atoms with E-state index in [-0.39, 0.29) is 0 Å². The number of nitrogens with one attached hydrogen (secondary N) is 1. The van der Waals surface area contributed by atoms with E-state index in [2.05, 4.69) is 43.4 Å². The van der Waals surface area contributed by atoms with E-state index in [1.807, 2.05) is 0 Å². The quantitative estimate of drug-likeness (QED) is 0.817. The molecule has 0 aromatic heterocycles. The lowest BCUT2D eigenvalue weighted by atomic mass is 9.95. The van der Waals surface area contributed by atoms with Gasteiger partial charge in [-0.05, 0) is 42.9 Å². The van der Waals surface area contributed by atoms with Gasteiger partial charge in [-0.15, -0.1) is 0 Å². The van der Waals surface area contributed by atoms with Gasteiger partial charge in [0.25, 0.3) is 0 Å². The van der Waals surface area contributed by atoms with E-state index in [9.17, 15) is 0 Å². The Morgan fingerprint density at radius 2 is 2.19 bits per heavy atom. The summed E-state index contributed by atoms with van der Waals surface area (Å²) in [6.45, 7) is 5.67. The lowest BCUT2D eigenvalue weighted by molar-refractivity contribution is 0.511. The molecule has 0 radical (unpaired) electrons. The van der Waals surface area contributed by atoms with Crippen LogP contribution in [0, 0.1) is 5.92 Å². The van der Waals surface area contributed by atoms with Crippen LogP contribution in [0.15, 0.2) is 24.3 Å². The van der Waals surface area contributed by atoms with Gasteiger partial charge in [0.05, 0.1) is 0 Å². The van der Waals surface area contributed by atoms with Crippen LogP contribution in [0.25, 0.3) is 0 Å². The van der Waals surface area contributed by atoms with Crippen LogP contribution in [-0.2, 0) is 11.8 Å². The van der Waals surface area contributed by atoms with Gasteiger partial charge in [-0.25, -0.2) is 0 Å². The summed E-state index contributed by atoms with van der Waals surface area (Å²) < 4.78 is 0. The Morgan fingerprint density at radius 1 is 1.38 bits per heavy atom. The maximum atomic E-state index is 3.59. The predicted molar refractivity (Wildman–Crippen MR) is 67.7 cm³/mol. The molecule has 0 bridgehead atoms. The Hall–Kier alpha value is -0.820. The minimum Gasteiger partial charge on any atom is -0.314 e. The van der Waals surface area contributed by atoms with E-state index in [0.29, 0.717) is 11.5 Å². The van der Waals surface area contributed by atoms with Crippen molar-refractivity contribution in [3.8, 4) is 0 Å². The van der Waals surface area contributed by atoms with Gasteiger partial charge in [0.2, 0.25) is 0 Å². The molecule has 0 saturated heterocycles. The molecule has 1 saturated carbocycles. The molecule has 1 spiro atoms. The van der Waals surface area contributed by atoms with Crippen molar-refractivity contribution in [2.24, 2.45) is 5.92 Å². The van der Waals surface area contributed by atoms with Crippen LogP contribution in [0.4, 0.5) is 0 Å². The van der Waals surface area contributed by atoms with Crippen LogP contribution in [0.1, 0.15) is 37.8 Å². The fraction of sp³-hybridized carbons (Fsp3) is 0.600. The fourth-order valence-corrected chi connectivity index (χ4v) is 3.38. The Balaban J connectivity index is 1.74. The van der Waals surface area contributed by atoms with Gasteiger partial charge in [0.1, 0.15) is 0 Å². The molecule has 3 rings (SSSR count). The monoisotopic (exact) mass is 215 g/mol. The van der Waals surface area contributed by atoms with Gasteiger partial charge < -0.3 is 5.32 Å². The minimum absolute atomic E-state index is 0.568. The molecule has 1 aromatic carbocycles. The van der Waals surface area contributed by atoms with Crippen LogP contribution >= 0.6 is 0 Å². The summed E-state index contributed by atoms with van der Waals surface area (Å²) in [4.78, 5) is 0. The van der Waals surface area contributed by atoms with Crippen LogP contribution in [0.5, 0.6) is 0 Å². The second-order valence-corrected chi connectivity index (χ2v) is 5.78. The topological polar surface area (TPSA) is 12.0 Å². The standard InChI is InChI=1S/C15H21N/c1-11(2)16-10-13-9-15(13)8-7-12-5-3-4-6-14(12)15/h3-6,11,13,16H,7-10H2,1-2H3. The molecule has 0 amide bonds. The third-order valence-corrected chi connectivity index (χ3v) is 4.40. The SMILES string of the molecule is CC(C)NCC1CC12CCc1ccccc12. The third kappa shape index (κ3) is 1.49. The second-order valence-electron chi connectivity index (χ2n) is 5.78. The van der Waals surface area contributed by atoms with Crippen molar-refractivity contribution in [2.45, 2.75) is 44.6 Å². The molecule has 2 unspecified atom stereocenters. The van der Waals surface area contributed by atoms with Crippen LogP contribution in [0.2, 0.25) is 0 Å². The zero-order valence-corrected chi connectivity index (χ0v) is 10.3.